The quantitative estimate of drug-likeness (QED) is 0.522. The van der Waals surface area contributed by atoms with Gasteiger partial charge in [0.05, 0.1) is 6.10 Å². The zero-order valence-electron chi connectivity index (χ0n) is 5.06. The Bertz CT molecular complexity index is 74.0. The van der Waals surface area contributed by atoms with Crippen LogP contribution in [0.1, 0.15) is 19.3 Å². The summed E-state index contributed by atoms with van der Waals surface area (Å²) < 4.78 is 12.4. The number of alkyl halides is 2. The summed E-state index contributed by atoms with van der Waals surface area (Å²) in [7, 11) is 0. The van der Waals surface area contributed by atoms with Gasteiger partial charge < -0.3 is 5.11 Å². The Morgan fingerprint density at radius 1 is 1.33 bits per heavy atom. The maximum atomic E-state index is 12.4. The van der Waals surface area contributed by atoms with Crippen LogP contribution < -0.4 is 0 Å². The molecule has 1 aliphatic carbocycles. The molecule has 0 radical (unpaired) electrons. The van der Waals surface area contributed by atoms with Crippen molar-refractivity contribution in [1.29, 1.82) is 0 Å². The molecule has 1 fully saturated rings. The van der Waals surface area contributed by atoms with Gasteiger partial charge in [0, 0.05) is 11.8 Å². The molecule has 0 aromatic heterocycles. The molecule has 3 heteroatoms. The number of halogens is 2. The molecule has 0 saturated heterocycles. The molecule has 1 N–H and O–H groups in total. The summed E-state index contributed by atoms with van der Waals surface area (Å²) in [6.45, 7) is 0. The summed E-state index contributed by atoms with van der Waals surface area (Å²) in [5, 5.41) is 8.76. The molecule has 0 bridgehead atoms. The van der Waals surface area contributed by atoms with E-state index < -0.39 is 12.3 Å². The zero-order valence-corrected chi connectivity index (χ0v) is 5.81. The van der Waals surface area contributed by atoms with Gasteiger partial charge >= 0.3 is 0 Å². The van der Waals surface area contributed by atoms with E-state index in [1.54, 1.807) is 0 Å². The third-order valence-corrected chi connectivity index (χ3v) is 1.92. The van der Waals surface area contributed by atoms with Crippen LogP contribution in [0.15, 0.2) is 0 Å². The molecule has 0 aromatic carbocycles. The molecule has 1 saturated carbocycles. The van der Waals surface area contributed by atoms with E-state index in [0.29, 0.717) is 12.8 Å². The van der Waals surface area contributed by atoms with E-state index in [1.165, 1.54) is 0 Å². The van der Waals surface area contributed by atoms with Gasteiger partial charge in [0.1, 0.15) is 6.17 Å². The Kier molecular flexibility index (Phi) is 2.30. The lowest BCUT2D eigenvalue weighted by atomic mass is 9.96. The Morgan fingerprint density at radius 2 is 2.00 bits per heavy atom. The van der Waals surface area contributed by atoms with Crippen molar-refractivity contribution in [3.63, 3.8) is 0 Å². The lowest BCUT2D eigenvalue weighted by molar-refractivity contribution is 0.0860. The molecule has 1 rings (SSSR count). The van der Waals surface area contributed by atoms with Gasteiger partial charge in [0.15, 0.2) is 0 Å². The van der Waals surface area contributed by atoms with Crippen LogP contribution in [0.25, 0.3) is 0 Å². The van der Waals surface area contributed by atoms with Crippen molar-refractivity contribution in [2.24, 2.45) is 0 Å². The van der Waals surface area contributed by atoms with Crippen molar-refractivity contribution in [1.82, 2.24) is 0 Å². The minimum atomic E-state index is -0.892. The molecule has 9 heavy (non-hydrogen) atoms. The highest BCUT2D eigenvalue weighted by Crippen LogP contribution is 2.25. The van der Waals surface area contributed by atoms with Crippen LogP contribution in [0.3, 0.4) is 0 Å². The zero-order chi connectivity index (χ0) is 6.85. The third kappa shape index (κ3) is 2.11. The van der Waals surface area contributed by atoms with Crippen molar-refractivity contribution >= 4 is 11.6 Å². The second kappa shape index (κ2) is 2.84. The number of hydrogen-bond donors (Lipinski definition) is 1. The van der Waals surface area contributed by atoms with Gasteiger partial charge in [0.2, 0.25) is 0 Å². The molecular weight excluding hydrogens is 143 g/mol. The van der Waals surface area contributed by atoms with E-state index in [-0.39, 0.29) is 11.8 Å². The summed E-state index contributed by atoms with van der Waals surface area (Å²) in [5.74, 6) is 0. The molecule has 0 spiro atoms. The number of aliphatic hydroxyl groups is 1. The van der Waals surface area contributed by atoms with Gasteiger partial charge in [0.25, 0.3) is 0 Å². The fraction of sp³-hybridized carbons (Fsp3) is 1.00. The molecule has 0 amide bonds. The molecule has 54 valence electrons. The van der Waals surface area contributed by atoms with Crippen molar-refractivity contribution in [3.8, 4) is 0 Å². The molecule has 0 aromatic rings. The predicted molar refractivity (Wildman–Crippen MR) is 34.4 cm³/mol. The highest BCUT2D eigenvalue weighted by Gasteiger charge is 2.25. The first kappa shape index (κ1) is 7.29. The van der Waals surface area contributed by atoms with Crippen molar-refractivity contribution in [2.75, 3.05) is 0 Å². The Balaban J connectivity index is 2.34. The lowest BCUT2D eigenvalue weighted by Crippen LogP contribution is -2.27. The van der Waals surface area contributed by atoms with Gasteiger partial charge in [-0.05, 0) is 12.8 Å². The van der Waals surface area contributed by atoms with E-state index in [2.05, 4.69) is 0 Å². The first-order chi connectivity index (χ1) is 4.18. The maximum absolute atomic E-state index is 12.4. The minimum Gasteiger partial charge on any atom is -0.393 e. The Morgan fingerprint density at radius 3 is 2.44 bits per heavy atom. The van der Waals surface area contributed by atoms with E-state index >= 15 is 0 Å². The first-order valence-electron chi connectivity index (χ1n) is 3.14. The molecule has 0 aliphatic heterocycles. The number of hydrogen-bond acceptors (Lipinski definition) is 1. The second-order valence-corrected chi connectivity index (χ2v) is 3.17. The Hall–Kier alpha value is 0.180. The normalized spacial score (nSPS) is 45.0. The second-order valence-electron chi connectivity index (χ2n) is 2.56. The first-order valence-corrected chi connectivity index (χ1v) is 3.58. The van der Waals surface area contributed by atoms with Gasteiger partial charge in [-0.3, -0.25) is 0 Å². The van der Waals surface area contributed by atoms with E-state index in [1.807, 2.05) is 0 Å². The van der Waals surface area contributed by atoms with Crippen molar-refractivity contribution in [3.05, 3.63) is 0 Å². The molecule has 3 atom stereocenters. The van der Waals surface area contributed by atoms with E-state index in [0.717, 1.165) is 0 Å². The average Bonchev–Trinajstić information content (AvgIpc) is 1.59. The third-order valence-electron chi connectivity index (χ3n) is 1.57. The number of rotatable bonds is 0. The predicted octanol–water partition coefficient (Wildman–Crippen LogP) is 1.48. The van der Waals surface area contributed by atoms with Gasteiger partial charge in [-0.2, -0.15) is 0 Å². The van der Waals surface area contributed by atoms with E-state index in [4.69, 9.17) is 16.7 Å². The lowest BCUT2D eigenvalue weighted by Gasteiger charge is -2.23. The van der Waals surface area contributed by atoms with Gasteiger partial charge in [-0.15, -0.1) is 11.6 Å². The van der Waals surface area contributed by atoms with Crippen LogP contribution in [-0.2, 0) is 0 Å². The molecular formula is C6H10ClFO. The highest BCUT2D eigenvalue weighted by molar-refractivity contribution is 6.20. The summed E-state index contributed by atoms with van der Waals surface area (Å²) in [6, 6.07) is 0. The summed E-state index contributed by atoms with van der Waals surface area (Å²) >= 11 is 5.61. The molecule has 0 heterocycles. The summed E-state index contributed by atoms with van der Waals surface area (Å²) in [6.07, 6.45) is -0.198. The topological polar surface area (TPSA) is 20.2 Å². The van der Waals surface area contributed by atoms with Crippen LogP contribution in [0, 0.1) is 0 Å². The standard InChI is InChI=1S/C6H10ClFO/c7-4-1-5(8)3-6(9)2-4/h4-6,9H,1-3H2. The monoisotopic (exact) mass is 152 g/mol. The highest BCUT2D eigenvalue weighted by atomic mass is 35.5. The van der Waals surface area contributed by atoms with Crippen LogP contribution in [-0.4, -0.2) is 22.8 Å². The molecule has 1 aliphatic rings. The summed E-state index contributed by atoms with van der Waals surface area (Å²) in [5.41, 5.74) is 0. The number of aliphatic hydroxyl groups excluding tert-OH is 1. The van der Waals surface area contributed by atoms with Crippen LogP contribution >= 0.6 is 11.6 Å². The summed E-state index contributed by atoms with van der Waals surface area (Å²) in [4.78, 5) is 0. The van der Waals surface area contributed by atoms with Crippen LogP contribution in [0.5, 0.6) is 0 Å². The Labute approximate surface area is 58.8 Å². The smallest absolute Gasteiger partial charge is 0.104 e. The van der Waals surface area contributed by atoms with Crippen LogP contribution in [0.2, 0.25) is 0 Å². The fourth-order valence-electron chi connectivity index (χ4n) is 1.16. The SMILES string of the molecule is OC1CC(F)CC(Cl)C1. The van der Waals surface area contributed by atoms with Gasteiger partial charge in [-0.1, -0.05) is 0 Å². The van der Waals surface area contributed by atoms with E-state index in [9.17, 15) is 4.39 Å². The maximum Gasteiger partial charge on any atom is 0.104 e. The fourth-order valence-corrected chi connectivity index (χ4v) is 1.56. The van der Waals surface area contributed by atoms with Crippen molar-refractivity contribution in [2.45, 2.75) is 36.9 Å². The van der Waals surface area contributed by atoms with Crippen molar-refractivity contribution < 1.29 is 9.50 Å². The minimum absolute atomic E-state index is 0.163. The van der Waals surface area contributed by atoms with Crippen LogP contribution in [0.4, 0.5) is 4.39 Å². The molecule has 3 unspecified atom stereocenters. The largest absolute Gasteiger partial charge is 0.393 e. The molecule has 1 nitrogen and oxygen atoms in total. The average molecular weight is 153 g/mol. The van der Waals surface area contributed by atoms with Gasteiger partial charge in [-0.25, -0.2) is 4.39 Å².